The first-order valence-corrected chi connectivity index (χ1v) is 7.31. The summed E-state index contributed by atoms with van der Waals surface area (Å²) in [7, 11) is 0. The molecule has 0 spiro atoms. The second-order valence-electron chi connectivity index (χ2n) is 4.99. The Balaban J connectivity index is 1.93. The van der Waals surface area contributed by atoms with Crippen LogP contribution in [0.4, 0.5) is 5.69 Å². The molecular weight excluding hydrogens is 332 g/mol. The van der Waals surface area contributed by atoms with Gasteiger partial charge in [-0.3, -0.25) is 9.59 Å². The predicted molar refractivity (Wildman–Crippen MR) is 84.0 cm³/mol. The maximum absolute atomic E-state index is 12.2. The first-order valence-electron chi connectivity index (χ1n) is 6.52. The van der Waals surface area contributed by atoms with Crippen LogP contribution in [0.15, 0.2) is 46.9 Å². The Labute approximate surface area is 130 Å². The fourth-order valence-corrected chi connectivity index (χ4v) is 2.72. The number of amides is 2. The largest absolute Gasteiger partial charge is 0.366 e. The lowest BCUT2D eigenvalue weighted by atomic mass is 10.1. The maximum Gasteiger partial charge on any atom is 0.248 e. The van der Waals surface area contributed by atoms with Gasteiger partial charge in [0.25, 0.3) is 0 Å². The number of fused-ring (bicyclic) bond motifs is 1. The number of primary amides is 1. The van der Waals surface area contributed by atoms with Gasteiger partial charge in [-0.05, 0) is 35.4 Å². The first kappa shape index (κ1) is 13.8. The van der Waals surface area contributed by atoms with Crippen LogP contribution in [-0.2, 0) is 17.8 Å². The van der Waals surface area contributed by atoms with Gasteiger partial charge >= 0.3 is 0 Å². The number of anilines is 1. The van der Waals surface area contributed by atoms with Crippen molar-refractivity contribution >= 4 is 33.4 Å². The molecule has 0 fully saturated rings. The minimum Gasteiger partial charge on any atom is -0.366 e. The van der Waals surface area contributed by atoms with Gasteiger partial charge in [-0.1, -0.05) is 34.1 Å². The van der Waals surface area contributed by atoms with Crippen molar-refractivity contribution in [2.24, 2.45) is 5.73 Å². The van der Waals surface area contributed by atoms with Crippen molar-refractivity contribution in [3.63, 3.8) is 0 Å². The normalized spacial score (nSPS) is 13.4. The molecule has 2 N–H and O–H groups in total. The van der Waals surface area contributed by atoms with Crippen molar-refractivity contribution in [3.05, 3.63) is 63.6 Å². The Bertz CT molecular complexity index is 726. The number of rotatable bonds is 3. The summed E-state index contributed by atoms with van der Waals surface area (Å²) in [5, 5.41) is 0. The molecule has 0 unspecified atom stereocenters. The Kier molecular flexibility index (Phi) is 3.51. The average Bonchev–Trinajstić information content (AvgIpc) is 2.77. The highest BCUT2D eigenvalue weighted by molar-refractivity contribution is 9.10. The summed E-state index contributed by atoms with van der Waals surface area (Å²) in [6.07, 6.45) is 0.366. The molecule has 2 aromatic carbocycles. The third-order valence-corrected chi connectivity index (χ3v) is 4.09. The number of benzene rings is 2. The highest BCUT2D eigenvalue weighted by atomic mass is 79.9. The Morgan fingerprint density at radius 2 is 1.90 bits per heavy atom. The monoisotopic (exact) mass is 344 g/mol. The predicted octanol–water partition coefficient (Wildman–Crippen LogP) is 2.64. The molecule has 5 heteroatoms. The molecule has 0 saturated carbocycles. The van der Waals surface area contributed by atoms with Crippen molar-refractivity contribution < 1.29 is 9.59 Å². The van der Waals surface area contributed by atoms with Crippen LogP contribution >= 0.6 is 15.9 Å². The van der Waals surface area contributed by atoms with Gasteiger partial charge in [0.05, 0.1) is 13.0 Å². The summed E-state index contributed by atoms with van der Waals surface area (Å²) in [6, 6.07) is 13.0. The van der Waals surface area contributed by atoms with Crippen LogP contribution < -0.4 is 10.6 Å². The van der Waals surface area contributed by atoms with E-state index in [1.165, 1.54) is 0 Å². The Morgan fingerprint density at radius 1 is 1.19 bits per heavy atom. The van der Waals surface area contributed by atoms with Gasteiger partial charge < -0.3 is 10.6 Å². The molecule has 0 radical (unpaired) electrons. The molecule has 3 rings (SSSR count). The van der Waals surface area contributed by atoms with Crippen molar-refractivity contribution in [1.29, 1.82) is 0 Å². The lowest BCUT2D eigenvalue weighted by molar-refractivity contribution is -0.117. The molecule has 1 aliphatic rings. The molecule has 0 aliphatic carbocycles. The van der Waals surface area contributed by atoms with E-state index in [2.05, 4.69) is 15.9 Å². The van der Waals surface area contributed by atoms with E-state index in [-0.39, 0.29) is 5.91 Å². The SMILES string of the molecule is NC(=O)c1ccc2c(c1)N(Cc1ccc(Br)cc1)C(=O)C2. The van der Waals surface area contributed by atoms with Crippen LogP contribution in [0, 0.1) is 0 Å². The molecule has 21 heavy (non-hydrogen) atoms. The third kappa shape index (κ3) is 2.69. The summed E-state index contributed by atoms with van der Waals surface area (Å²) < 4.78 is 0.996. The smallest absolute Gasteiger partial charge is 0.248 e. The zero-order valence-corrected chi connectivity index (χ0v) is 12.8. The van der Waals surface area contributed by atoms with E-state index in [1.807, 2.05) is 24.3 Å². The van der Waals surface area contributed by atoms with Crippen LogP contribution in [0.2, 0.25) is 0 Å². The highest BCUT2D eigenvalue weighted by Gasteiger charge is 2.27. The molecule has 1 aliphatic heterocycles. The van der Waals surface area contributed by atoms with E-state index in [9.17, 15) is 9.59 Å². The fourth-order valence-electron chi connectivity index (χ4n) is 2.46. The minimum absolute atomic E-state index is 0.0366. The van der Waals surface area contributed by atoms with Gasteiger partial charge in [0.1, 0.15) is 0 Å². The second kappa shape index (κ2) is 5.33. The molecular formula is C16H13BrN2O2. The van der Waals surface area contributed by atoms with E-state index < -0.39 is 5.91 Å². The maximum atomic E-state index is 12.2. The van der Waals surface area contributed by atoms with Crippen molar-refractivity contribution in [3.8, 4) is 0 Å². The molecule has 2 aromatic rings. The van der Waals surface area contributed by atoms with Gasteiger partial charge in [0, 0.05) is 15.7 Å². The van der Waals surface area contributed by atoms with Gasteiger partial charge in [0.15, 0.2) is 0 Å². The number of carbonyl (C=O) groups is 2. The summed E-state index contributed by atoms with van der Waals surface area (Å²) in [6.45, 7) is 0.487. The number of hydrogen-bond acceptors (Lipinski definition) is 2. The van der Waals surface area contributed by atoms with Gasteiger partial charge in [-0.15, -0.1) is 0 Å². The summed E-state index contributed by atoms with van der Waals surface area (Å²) in [5.74, 6) is -0.449. The summed E-state index contributed by atoms with van der Waals surface area (Å²) >= 11 is 3.39. The molecule has 0 saturated heterocycles. The van der Waals surface area contributed by atoms with Gasteiger partial charge in [-0.2, -0.15) is 0 Å². The topological polar surface area (TPSA) is 63.4 Å². The number of halogens is 1. The summed E-state index contributed by atoms with van der Waals surface area (Å²) in [4.78, 5) is 25.2. The average molecular weight is 345 g/mol. The molecule has 1 heterocycles. The highest BCUT2D eigenvalue weighted by Crippen LogP contribution is 2.31. The van der Waals surface area contributed by atoms with Crippen LogP contribution in [-0.4, -0.2) is 11.8 Å². The van der Waals surface area contributed by atoms with Gasteiger partial charge in [-0.25, -0.2) is 0 Å². The molecule has 2 amide bonds. The van der Waals surface area contributed by atoms with Gasteiger partial charge in [0.2, 0.25) is 11.8 Å². The second-order valence-corrected chi connectivity index (χ2v) is 5.91. The van der Waals surface area contributed by atoms with E-state index in [4.69, 9.17) is 5.73 Å². The zero-order valence-electron chi connectivity index (χ0n) is 11.2. The number of nitrogens with two attached hydrogens (primary N) is 1. The Hall–Kier alpha value is -2.14. The van der Waals surface area contributed by atoms with E-state index in [0.29, 0.717) is 18.5 Å². The molecule has 0 atom stereocenters. The van der Waals surface area contributed by atoms with E-state index >= 15 is 0 Å². The number of nitrogens with zero attached hydrogens (tertiary/aromatic N) is 1. The van der Waals surface area contributed by atoms with Crippen molar-refractivity contribution in [2.75, 3.05) is 4.90 Å². The fraction of sp³-hybridized carbons (Fsp3) is 0.125. The molecule has 0 aromatic heterocycles. The van der Waals surface area contributed by atoms with Crippen LogP contribution in [0.25, 0.3) is 0 Å². The third-order valence-electron chi connectivity index (χ3n) is 3.56. The van der Waals surface area contributed by atoms with E-state index in [0.717, 1.165) is 21.3 Å². The minimum atomic E-state index is -0.485. The number of hydrogen-bond donors (Lipinski definition) is 1. The quantitative estimate of drug-likeness (QED) is 0.930. The van der Waals surface area contributed by atoms with Crippen LogP contribution in [0.5, 0.6) is 0 Å². The zero-order chi connectivity index (χ0) is 15.0. The Morgan fingerprint density at radius 3 is 2.57 bits per heavy atom. The number of carbonyl (C=O) groups excluding carboxylic acids is 2. The standard InChI is InChI=1S/C16H13BrN2O2/c17-13-5-1-10(2-6-13)9-19-14-7-12(16(18)21)4-3-11(14)8-15(19)20/h1-7H,8-9H2,(H2,18,21). The van der Waals surface area contributed by atoms with Crippen LogP contribution in [0.3, 0.4) is 0 Å². The molecule has 106 valence electrons. The molecule has 4 nitrogen and oxygen atoms in total. The van der Waals surface area contributed by atoms with E-state index in [1.54, 1.807) is 23.1 Å². The van der Waals surface area contributed by atoms with Crippen molar-refractivity contribution in [2.45, 2.75) is 13.0 Å². The van der Waals surface area contributed by atoms with Crippen molar-refractivity contribution in [1.82, 2.24) is 0 Å². The first-order chi connectivity index (χ1) is 10.0. The molecule has 0 bridgehead atoms. The van der Waals surface area contributed by atoms with Crippen LogP contribution in [0.1, 0.15) is 21.5 Å². The lowest BCUT2D eigenvalue weighted by Gasteiger charge is -2.18. The summed E-state index contributed by atoms with van der Waals surface area (Å²) in [5.41, 5.74) is 8.47. The lowest BCUT2D eigenvalue weighted by Crippen LogP contribution is -2.26.